The average Bonchev–Trinajstić information content (AvgIpc) is 3.13. The number of nitrogens with zero attached hydrogens (tertiary/aromatic N) is 5. The van der Waals surface area contributed by atoms with Crippen LogP contribution in [0.3, 0.4) is 0 Å². The van der Waals surface area contributed by atoms with Crippen LogP contribution in [0.5, 0.6) is 0 Å². The summed E-state index contributed by atoms with van der Waals surface area (Å²) in [4.78, 5) is 0. The first-order valence-corrected chi connectivity index (χ1v) is 7.50. The van der Waals surface area contributed by atoms with Crippen LogP contribution in [0.4, 0.5) is 0 Å². The van der Waals surface area contributed by atoms with Crippen molar-refractivity contribution < 1.29 is 5.21 Å². The van der Waals surface area contributed by atoms with Crippen LogP contribution in [0.15, 0.2) is 78.5 Å². The van der Waals surface area contributed by atoms with Crippen molar-refractivity contribution >= 4 is 11.9 Å². The minimum absolute atomic E-state index is 0.331. The fraction of sp³-hybridized carbons (Fsp3) is 0.0556. The lowest BCUT2D eigenvalue weighted by Gasteiger charge is -2.03. The monoisotopic (exact) mass is 334 g/mol. The molecule has 2 aromatic carbocycles. The number of hydrogen-bond donors (Lipinski definition) is 2. The van der Waals surface area contributed by atoms with Gasteiger partial charge in [0.1, 0.15) is 0 Å². The average molecular weight is 334 g/mol. The summed E-state index contributed by atoms with van der Waals surface area (Å²) < 4.78 is 1.51. The van der Waals surface area contributed by atoms with E-state index in [2.05, 4.69) is 27.3 Å². The van der Waals surface area contributed by atoms with Gasteiger partial charge in [0, 0.05) is 11.8 Å². The Morgan fingerprint density at radius 3 is 2.28 bits per heavy atom. The van der Waals surface area contributed by atoms with E-state index in [-0.39, 0.29) is 0 Å². The molecule has 0 radical (unpaired) electrons. The summed E-state index contributed by atoms with van der Waals surface area (Å²) in [6.07, 6.45) is 3.00. The molecule has 1 heterocycles. The van der Waals surface area contributed by atoms with Crippen LogP contribution in [-0.2, 0) is 6.54 Å². The van der Waals surface area contributed by atoms with E-state index in [1.807, 2.05) is 60.7 Å². The van der Waals surface area contributed by atoms with Gasteiger partial charge in [0.05, 0.1) is 6.54 Å². The summed E-state index contributed by atoms with van der Waals surface area (Å²) >= 11 is 0. The highest BCUT2D eigenvalue weighted by molar-refractivity contribution is 6.10. The first-order valence-electron chi connectivity index (χ1n) is 7.50. The second-order valence-corrected chi connectivity index (χ2v) is 4.84. The molecular weight excluding hydrogens is 316 g/mol. The van der Waals surface area contributed by atoms with Crippen molar-refractivity contribution in [3.05, 3.63) is 90.3 Å². The molecule has 0 unspecified atom stereocenters. The van der Waals surface area contributed by atoms with Gasteiger partial charge in [-0.3, -0.25) is 0 Å². The van der Waals surface area contributed by atoms with Gasteiger partial charge < -0.3 is 10.6 Å². The van der Waals surface area contributed by atoms with Gasteiger partial charge in [-0.1, -0.05) is 71.9 Å². The summed E-state index contributed by atoms with van der Waals surface area (Å²) in [5.74, 6) is 0.401. The molecule has 7 heteroatoms. The van der Waals surface area contributed by atoms with Crippen molar-refractivity contribution in [3.63, 3.8) is 0 Å². The van der Waals surface area contributed by atoms with E-state index in [9.17, 15) is 0 Å². The van der Waals surface area contributed by atoms with Crippen LogP contribution in [-0.4, -0.2) is 37.3 Å². The van der Waals surface area contributed by atoms with Crippen molar-refractivity contribution in [1.82, 2.24) is 20.2 Å². The van der Waals surface area contributed by atoms with Crippen molar-refractivity contribution in [3.8, 4) is 0 Å². The number of tetrazole rings is 1. The molecule has 1 aromatic heterocycles. The molecular formula is C18H18N6O. The molecule has 2 N–H and O–H groups in total. The van der Waals surface area contributed by atoms with E-state index in [0.29, 0.717) is 18.1 Å². The van der Waals surface area contributed by atoms with Gasteiger partial charge in [-0.05, 0) is 16.0 Å². The van der Waals surface area contributed by atoms with E-state index in [1.165, 1.54) is 10.9 Å². The number of hydrogen-bond acceptors (Lipinski definition) is 6. The Bertz CT molecular complexity index is 827. The highest BCUT2D eigenvalue weighted by Gasteiger charge is 2.15. The lowest BCUT2D eigenvalue weighted by molar-refractivity contribution is 0.319. The third-order valence-electron chi connectivity index (χ3n) is 3.16. The molecule has 0 spiro atoms. The Labute approximate surface area is 145 Å². The zero-order valence-electron chi connectivity index (χ0n) is 13.5. The second kappa shape index (κ2) is 9.51. The first kappa shape index (κ1) is 17.7. The molecule has 126 valence electrons. The minimum Gasteiger partial charge on any atom is -0.410 e. The highest BCUT2D eigenvalue weighted by Crippen LogP contribution is 2.07. The number of nitrogens with one attached hydrogen (secondary N) is 1. The standard InChI is InChI=1S/C11H11N5O.C7H7N/c1-2-8-16-11(12-14-15-16)10(13-17)9-6-4-3-5-7-9;8-6-7-4-2-1-3-5-7/h2-7,17H,1,8H2;1-6,8H. The Kier molecular flexibility index (Phi) is 6.75. The van der Waals surface area contributed by atoms with E-state index in [4.69, 9.17) is 10.6 Å². The molecule has 0 atom stereocenters. The maximum Gasteiger partial charge on any atom is 0.205 e. The van der Waals surface area contributed by atoms with Crippen LogP contribution in [0.2, 0.25) is 0 Å². The second-order valence-electron chi connectivity index (χ2n) is 4.84. The zero-order chi connectivity index (χ0) is 17.9. The Morgan fingerprint density at radius 2 is 1.76 bits per heavy atom. The van der Waals surface area contributed by atoms with Crippen molar-refractivity contribution in [2.24, 2.45) is 5.16 Å². The molecule has 0 aliphatic rings. The third kappa shape index (κ3) is 4.93. The number of rotatable bonds is 5. The van der Waals surface area contributed by atoms with Gasteiger partial charge in [0.15, 0.2) is 5.71 Å². The maximum atomic E-state index is 9.10. The molecule has 3 aromatic rings. The first-order chi connectivity index (χ1) is 12.3. The van der Waals surface area contributed by atoms with Gasteiger partial charge in [-0.2, -0.15) is 0 Å². The zero-order valence-corrected chi connectivity index (χ0v) is 13.5. The molecule has 3 rings (SSSR count). The van der Waals surface area contributed by atoms with Gasteiger partial charge in [-0.25, -0.2) is 4.68 Å². The van der Waals surface area contributed by atoms with Crippen LogP contribution < -0.4 is 0 Å². The Morgan fingerprint density at radius 1 is 1.12 bits per heavy atom. The SMILES string of the molecule is C=CCn1nnnc1C(=NO)c1ccccc1.N=Cc1ccccc1. The summed E-state index contributed by atoms with van der Waals surface area (Å²) in [6, 6.07) is 18.8. The summed E-state index contributed by atoms with van der Waals surface area (Å²) in [7, 11) is 0. The molecule has 0 saturated heterocycles. The summed E-state index contributed by atoms with van der Waals surface area (Å²) in [5, 5.41) is 30.4. The quantitative estimate of drug-likeness (QED) is 0.324. The van der Waals surface area contributed by atoms with Gasteiger partial charge in [0.2, 0.25) is 5.82 Å². The predicted molar refractivity (Wildman–Crippen MR) is 96.2 cm³/mol. The molecule has 7 nitrogen and oxygen atoms in total. The molecule has 0 saturated carbocycles. The van der Waals surface area contributed by atoms with Crippen molar-refractivity contribution in [1.29, 1.82) is 5.41 Å². The van der Waals surface area contributed by atoms with Gasteiger partial charge in [0.25, 0.3) is 0 Å². The number of allylic oxidation sites excluding steroid dienone is 1. The molecule has 0 amide bonds. The van der Waals surface area contributed by atoms with Gasteiger partial charge >= 0.3 is 0 Å². The fourth-order valence-electron chi connectivity index (χ4n) is 2.00. The van der Waals surface area contributed by atoms with Crippen LogP contribution >= 0.6 is 0 Å². The number of benzene rings is 2. The third-order valence-corrected chi connectivity index (χ3v) is 3.16. The summed E-state index contributed by atoms with van der Waals surface area (Å²) in [5.41, 5.74) is 2.03. The van der Waals surface area contributed by atoms with E-state index < -0.39 is 0 Å². The van der Waals surface area contributed by atoms with Crippen LogP contribution in [0.25, 0.3) is 0 Å². The van der Waals surface area contributed by atoms with E-state index >= 15 is 0 Å². The Hall–Kier alpha value is -3.61. The number of aromatic nitrogens is 4. The topological polar surface area (TPSA) is 100 Å². The normalized spacial score (nSPS) is 10.5. The maximum absolute atomic E-state index is 9.10. The highest BCUT2D eigenvalue weighted by atomic mass is 16.4. The fourth-order valence-corrected chi connectivity index (χ4v) is 2.00. The van der Waals surface area contributed by atoms with E-state index in [0.717, 1.165) is 11.1 Å². The lowest BCUT2D eigenvalue weighted by atomic mass is 10.1. The Balaban J connectivity index is 0.000000236. The molecule has 0 aliphatic heterocycles. The lowest BCUT2D eigenvalue weighted by Crippen LogP contribution is -2.13. The predicted octanol–water partition coefficient (Wildman–Crippen LogP) is 2.77. The van der Waals surface area contributed by atoms with E-state index in [1.54, 1.807) is 6.08 Å². The van der Waals surface area contributed by atoms with Crippen molar-refractivity contribution in [2.45, 2.75) is 6.54 Å². The molecule has 25 heavy (non-hydrogen) atoms. The number of oxime groups is 1. The molecule has 0 bridgehead atoms. The smallest absolute Gasteiger partial charge is 0.205 e. The van der Waals surface area contributed by atoms with Crippen LogP contribution in [0.1, 0.15) is 17.0 Å². The summed E-state index contributed by atoms with van der Waals surface area (Å²) in [6.45, 7) is 4.07. The van der Waals surface area contributed by atoms with Crippen LogP contribution in [0, 0.1) is 5.41 Å². The van der Waals surface area contributed by atoms with Gasteiger partial charge in [-0.15, -0.1) is 11.7 Å². The molecule has 0 aliphatic carbocycles. The molecule has 0 fully saturated rings. The minimum atomic E-state index is 0.331. The largest absolute Gasteiger partial charge is 0.410 e. The van der Waals surface area contributed by atoms with Crippen molar-refractivity contribution in [2.75, 3.05) is 0 Å².